The molecule has 0 radical (unpaired) electrons. The number of hydrogen-bond acceptors (Lipinski definition) is 1. The van der Waals surface area contributed by atoms with Gasteiger partial charge in [-0.25, -0.2) is 0 Å². The van der Waals surface area contributed by atoms with E-state index in [1.807, 2.05) is 0 Å². The molecule has 3 aromatic carbocycles. The highest BCUT2D eigenvalue weighted by molar-refractivity contribution is 6.16. The van der Waals surface area contributed by atoms with Crippen molar-refractivity contribution in [1.82, 2.24) is 4.98 Å². The van der Waals surface area contributed by atoms with Crippen molar-refractivity contribution in [2.24, 2.45) is 4.99 Å². The number of para-hydroxylation sites is 1. The van der Waals surface area contributed by atoms with Gasteiger partial charge in [-0.1, -0.05) is 54.6 Å². The van der Waals surface area contributed by atoms with Crippen molar-refractivity contribution >= 4 is 27.4 Å². The molecule has 0 saturated carbocycles. The van der Waals surface area contributed by atoms with Crippen LogP contribution in [0.4, 0.5) is 0 Å². The zero-order chi connectivity index (χ0) is 15.2. The average Bonchev–Trinajstić information content (AvgIpc) is 3.00. The van der Waals surface area contributed by atoms with Gasteiger partial charge in [0.05, 0.1) is 11.4 Å². The smallest absolute Gasteiger partial charge is 0.0884 e. The van der Waals surface area contributed by atoms with Crippen molar-refractivity contribution in [3.8, 4) is 0 Å². The number of aliphatic imine (C=N–C) groups is 1. The molecule has 1 aromatic heterocycles. The molecule has 0 unspecified atom stereocenters. The first kappa shape index (κ1) is 12.7. The maximum absolute atomic E-state index is 4.83. The van der Waals surface area contributed by atoms with Crippen LogP contribution in [0, 0.1) is 0 Å². The van der Waals surface area contributed by atoms with E-state index in [2.05, 4.69) is 71.7 Å². The standard InChI is InChI=1S/C21H16N2/c1-2-6-15-13-16(10-9-14(15)5-1)20-21-18(11-12-22-20)17-7-3-4-8-19(17)23-21/h1-10,13,23H,11-12H2. The molecule has 0 fully saturated rings. The molecule has 23 heavy (non-hydrogen) atoms. The second kappa shape index (κ2) is 4.82. The molecule has 2 nitrogen and oxygen atoms in total. The molecule has 0 atom stereocenters. The van der Waals surface area contributed by atoms with E-state index >= 15 is 0 Å². The van der Waals surface area contributed by atoms with Crippen molar-refractivity contribution in [2.45, 2.75) is 6.42 Å². The number of nitrogens with zero attached hydrogens (tertiary/aromatic N) is 1. The molecule has 4 aromatic rings. The van der Waals surface area contributed by atoms with Crippen LogP contribution in [0.3, 0.4) is 0 Å². The third-order valence-electron chi connectivity index (χ3n) is 4.71. The van der Waals surface area contributed by atoms with Crippen LogP contribution in [-0.2, 0) is 6.42 Å². The summed E-state index contributed by atoms with van der Waals surface area (Å²) in [5, 5.41) is 3.86. The Morgan fingerprint density at radius 3 is 2.61 bits per heavy atom. The molecule has 2 heteroatoms. The number of H-pyrrole nitrogens is 1. The fraction of sp³-hybridized carbons (Fsp3) is 0.0952. The lowest BCUT2D eigenvalue weighted by Crippen LogP contribution is -2.13. The Balaban J connectivity index is 1.73. The number of aromatic amines is 1. The summed E-state index contributed by atoms with van der Waals surface area (Å²) >= 11 is 0. The molecule has 2 heterocycles. The Morgan fingerprint density at radius 1 is 0.826 bits per heavy atom. The largest absolute Gasteiger partial charge is 0.353 e. The van der Waals surface area contributed by atoms with Crippen molar-refractivity contribution < 1.29 is 0 Å². The Hall–Kier alpha value is -2.87. The van der Waals surface area contributed by atoms with Crippen molar-refractivity contribution in [3.05, 3.63) is 83.6 Å². The Labute approximate surface area is 134 Å². The van der Waals surface area contributed by atoms with E-state index in [0.29, 0.717) is 0 Å². The number of rotatable bonds is 1. The fourth-order valence-electron chi connectivity index (χ4n) is 3.59. The zero-order valence-electron chi connectivity index (χ0n) is 12.7. The molecule has 0 bridgehead atoms. The minimum Gasteiger partial charge on any atom is -0.353 e. The van der Waals surface area contributed by atoms with Gasteiger partial charge in [-0.2, -0.15) is 0 Å². The predicted molar refractivity (Wildman–Crippen MR) is 96.5 cm³/mol. The molecule has 1 aliphatic rings. The minimum absolute atomic E-state index is 0.858. The molecule has 1 aliphatic heterocycles. The van der Waals surface area contributed by atoms with Gasteiger partial charge in [0.15, 0.2) is 0 Å². The third kappa shape index (κ3) is 1.92. The SMILES string of the molecule is c1ccc2cc(C3=NCCc4c3[nH]c3ccccc43)ccc2c1. The van der Waals surface area contributed by atoms with Gasteiger partial charge in [-0.3, -0.25) is 4.99 Å². The molecule has 110 valence electrons. The second-order valence-electron chi connectivity index (χ2n) is 6.07. The lowest BCUT2D eigenvalue weighted by molar-refractivity contribution is 0.948. The van der Waals surface area contributed by atoms with Crippen LogP contribution in [0.5, 0.6) is 0 Å². The first-order chi connectivity index (χ1) is 11.4. The van der Waals surface area contributed by atoms with E-state index in [0.717, 1.165) is 18.7 Å². The van der Waals surface area contributed by atoms with E-state index in [4.69, 9.17) is 4.99 Å². The summed E-state index contributed by atoms with van der Waals surface area (Å²) in [6.45, 7) is 0.858. The van der Waals surface area contributed by atoms with Crippen molar-refractivity contribution in [1.29, 1.82) is 0 Å². The molecule has 0 aliphatic carbocycles. The van der Waals surface area contributed by atoms with Gasteiger partial charge in [0, 0.05) is 23.0 Å². The van der Waals surface area contributed by atoms with Gasteiger partial charge in [-0.15, -0.1) is 0 Å². The van der Waals surface area contributed by atoms with Crippen LogP contribution in [0.15, 0.2) is 71.7 Å². The summed E-state index contributed by atoms with van der Waals surface area (Å²) < 4.78 is 0. The van der Waals surface area contributed by atoms with Crippen LogP contribution in [0.25, 0.3) is 21.7 Å². The topological polar surface area (TPSA) is 28.1 Å². The summed E-state index contributed by atoms with van der Waals surface area (Å²) in [5.41, 5.74) is 6.07. The second-order valence-corrected chi connectivity index (χ2v) is 6.07. The molecule has 1 N–H and O–H groups in total. The van der Waals surface area contributed by atoms with Crippen LogP contribution in [-0.4, -0.2) is 17.2 Å². The molecular weight excluding hydrogens is 280 g/mol. The molecule has 5 rings (SSSR count). The number of nitrogens with one attached hydrogen (secondary N) is 1. The van der Waals surface area contributed by atoms with Gasteiger partial charge >= 0.3 is 0 Å². The van der Waals surface area contributed by atoms with Gasteiger partial charge in [0.25, 0.3) is 0 Å². The maximum Gasteiger partial charge on any atom is 0.0884 e. The van der Waals surface area contributed by atoms with Crippen LogP contribution in [0.1, 0.15) is 16.8 Å². The maximum atomic E-state index is 4.83. The summed E-state index contributed by atoms with van der Waals surface area (Å²) in [7, 11) is 0. The Kier molecular flexibility index (Phi) is 2.65. The summed E-state index contributed by atoms with van der Waals surface area (Å²) in [5.74, 6) is 0. The molecule has 0 spiro atoms. The normalized spacial score (nSPS) is 14.0. The highest BCUT2D eigenvalue weighted by Gasteiger charge is 2.20. The van der Waals surface area contributed by atoms with Crippen LogP contribution in [0.2, 0.25) is 0 Å². The summed E-state index contributed by atoms with van der Waals surface area (Å²) in [4.78, 5) is 8.41. The zero-order valence-corrected chi connectivity index (χ0v) is 12.7. The molecular formula is C21H16N2. The first-order valence-corrected chi connectivity index (χ1v) is 8.04. The van der Waals surface area contributed by atoms with Gasteiger partial charge < -0.3 is 4.98 Å². The predicted octanol–water partition coefficient (Wildman–Crippen LogP) is 4.71. The van der Waals surface area contributed by atoms with Crippen molar-refractivity contribution in [2.75, 3.05) is 6.54 Å². The Bertz CT molecular complexity index is 1070. The molecule has 0 amide bonds. The van der Waals surface area contributed by atoms with E-state index in [9.17, 15) is 0 Å². The summed E-state index contributed by atoms with van der Waals surface area (Å²) in [6, 6.07) is 23.6. The van der Waals surface area contributed by atoms with Crippen LogP contribution < -0.4 is 0 Å². The van der Waals surface area contributed by atoms with Crippen LogP contribution >= 0.6 is 0 Å². The monoisotopic (exact) mass is 296 g/mol. The highest BCUT2D eigenvalue weighted by Crippen LogP contribution is 2.29. The summed E-state index contributed by atoms with van der Waals surface area (Å²) in [6.07, 6.45) is 1.01. The van der Waals surface area contributed by atoms with E-state index in [-0.39, 0.29) is 0 Å². The lowest BCUT2D eigenvalue weighted by atomic mass is 9.96. The quantitative estimate of drug-likeness (QED) is 0.527. The van der Waals surface area contributed by atoms with E-state index < -0.39 is 0 Å². The lowest BCUT2D eigenvalue weighted by Gasteiger charge is -2.14. The average molecular weight is 296 g/mol. The highest BCUT2D eigenvalue weighted by atomic mass is 14.8. The Morgan fingerprint density at radius 2 is 1.65 bits per heavy atom. The van der Waals surface area contributed by atoms with Gasteiger partial charge in [-0.05, 0) is 34.9 Å². The van der Waals surface area contributed by atoms with Gasteiger partial charge in [0.2, 0.25) is 0 Å². The van der Waals surface area contributed by atoms with Crippen molar-refractivity contribution in [3.63, 3.8) is 0 Å². The van der Waals surface area contributed by atoms with E-state index in [1.165, 1.54) is 38.5 Å². The number of fused-ring (bicyclic) bond motifs is 4. The minimum atomic E-state index is 0.858. The fourth-order valence-corrected chi connectivity index (χ4v) is 3.59. The number of aromatic nitrogens is 1. The first-order valence-electron chi connectivity index (χ1n) is 8.04. The number of benzene rings is 3. The number of hydrogen-bond donors (Lipinski definition) is 1. The van der Waals surface area contributed by atoms with E-state index in [1.54, 1.807) is 0 Å². The third-order valence-corrected chi connectivity index (χ3v) is 4.71. The molecule has 0 saturated heterocycles. The van der Waals surface area contributed by atoms with Gasteiger partial charge in [0.1, 0.15) is 0 Å².